The number of nitrogens with one attached hydrogen (secondary N) is 1. The van der Waals surface area contributed by atoms with E-state index in [1.54, 1.807) is 11.0 Å². The molecule has 2 amide bonds. The average Bonchev–Trinajstić information content (AvgIpc) is 2.70. The molecule has 0 atom stereocenters. The first-order valence-corrected chi connectivity index (χ1v) is 8.48. The zero-order valence-corrected chi connectivity index (χ0v) is 15.1. The van der Waals surface area contributed by atoms with E-state index in [0.717, 1.165) is 19.3 Å². The zero-order valence-electron chi connectivity index (χ0n) is 15.1. The Labute approximate surface area is 152 Å². The van der Waals surface area contributed by atoms with Crippen LogP contribution in [0.25, 0.3) is 0 Å². The van der Waals surface area contributed by atoms with Crippen molar-refractivity contribution in [1.29, 1.82) is 0 Å². The third kappa shape index (κ3) is 5.65. The molecular formula is C18H24N2O6. The highest BCUT2D eigenvalue weighted by molar-refractivity contribution is 5.96. The molecule has 0 spiro atoms. The minimum atomic E-state index is -0.668. The maximum atomic E-state index is 12.2. The summed E-state index contributed by atoms with van der Waals surface area (Å²) in [6.45, 7) is 0.767. The molecule has 0 bridgehead atoms. The monoisotopic (exact) mass is 364 g/mol. The van der Waals surface area contributed by atoms with Crippen LogP contribution in [0.2, 0.25) is 0 Å². The summed E-state index contributed by atoms with van der Waals surface area (Å²) >= 11 is 0. The van der Waals surface area contributed by atoms with E-state index in [0.29, 0.717) is 30.2 Å². The highest BCUT2D eigenvalue weighted by Crippen LogP contribution is 2.22. The number of rotatable bonds is 7. The van der Waals surface area contributed by atoms with Gasteiger partial charge in [-0.1, -0.05) is 0 Å². The molecule has 1 heterocycles. The molecule has 8 heteroatoms. The molecule has 1 fully saturated rings. The van der Waals surface area contributed by atoms with Crippen LogP contribution in [0.5, 0.6) is 11.5 Å². The minimum absolute atomic E-state index is 0.207. The molecule has 0 saturated carbocycles. The normalized spacial score (nSPS) is 13.7. The Morgan fingerprint density at radius 2 is 1.62 bits per heavy atom. The first-order chi connectivity index (χ1) is 12.5. The molecule has 0 aromatic heterocycles. The maximum Gasteiger partial charge on any atom is 0.325 e. The summed E-state index contributed by atoms with van der Waals surface area (Å²) in [4.78, 5) is 37.6. The van der Waals surface area contributed by atoms with Gasteiger partial charge in [0.2, 0.25) is 0 Å². The Kier molecular flexibility index (Phi) is 7.25. The van der Waals surface area contributed by atoms with Crippen molar-refractivity contribution in [2.45, 2.75) is 19.3 Å². The molecule has 0 aliphatic carbocycles. The second kappa shape index (κ2) is 9.65. The number of ether oxygens (including phenoxy) is 3. The number of carbonyl (C=O) groups is 3. The minimum Gasteiger partial charge on any atom is -0.497 e. The van der Waals surface area contributed by atoms with E-state index < -0.39 is 11.9 Å². The lowest BCUT2D eigenvalue weighted by atomic mass is 10.1. The van der Waals surface area contributed by atoms with Crippen LogP contribution in [0.3, 0.4) is 0 Å². The number of hydrogen-bond acceptors (Lipinski definition) is 6. The second-order valence-electron chi connectivity index (χ2n) is 5.89. The van der Waals surface area contributed by atoms with Crippen molar-refractivity contribution in [3.05, 3.63) is 23.8 Å². The van der Waals surface area contributed by atoms with Crippen LogP contribution < -0.4 is 14.8 Å². The SMILES string of the molecule is COc1cc(OC)cc(C(=O)NCC(=O)OCC(=O)N2CCCCC2)c1. The Bertz CT molecular complexity index is 633. The molecule has 2 rings (SSSR count). The number of likely N-dealkylation sites (tertiary alicyclic amines) is 1. The first-order valence-electron chi connectivity index (χ1n) is 8.48. The molecule has 1 aromatic rings. The molecule has 26 heavy (non-hydrogen) atoms. The summed E-state index contributed by atoms with van der Waals surface area (Å²) in [5.74, 6) is -0.421. The lowest BCUT2D eigenvalue weighted by Gasteiger charge is -2.26. The average molecular weight is 364 g/mol. The van der Waals surface area contributed by atoms with E-state index in [9.17, 15) is 14.4 Å². The summed E-state index contributed by atoms with van der Waals surface area (Å²) in [6, 6.07) is 4.70. The molecule has 1 saturated heterocycles. The molecule has 142 valence electrons. The van der Waals surface area contributed by atoms with Crippen molar-refractivity contribution in [2.75, 3.05) is 40.5 Å². The number of benzene rings is 1. The second-order valence-corrected chi connectivity index (χ2v) is 5.89. The lowest BCUT2D eigenvalue weighted by molar-refractivity contribution is -0.151. The van der Waals surface area contributed by atoms with Gasteiger partial charge in [0.1, 0.15) is 18.0 Å². The van der Waals surface area contributed by atoms with Crippen LogP contribution in [-0.2, 0) is 14.3 Å². The van der Waals surface area contributed by atoms with E-state index in [-0.39, 0.29) is 19.1 Å². The van der Waals surface area contributed by atoms with Gasteiger partial charge in [-0.25, -0.2) is 0 Å². The molecule has 1 aliphatic heterocycles. The molecule has 1 N–H and O–H groups in total. The Hall–Kier alpha value is -2.77. The van der Waals surface area contributed by atoms with Gasteiger partial charge in [0, 0.05) is 24.7 Å². The van der Waals surface area contributed by atoms with Crippen LogP contribution >= 0.6 is 0 Å². The summed E-state index contributed by atoms with van der Waals surface area (Å²) in [7, 11) is 2.96. The van der Waals surface area contributed by atoms with Gasteiger partial charge in [-0.05, 0) is 31.4 Å². The highest BCUT2D eigenvalue weighted by atomic mass is 16.5. The van der Waals surface area contributed by atoms with E-state index in [1.165, 1.54) is 26.4 Å². The third-order valence-electron chi connectivity index (χ3n) is 4.07. The summed E-state index contributed by atoms with van der Waals surface area (Å²) in [6.07, 6.45) is 3.06. The largest absolute Gasteiger partial charge is 0.497 e. The van der Waals surface area contributed by atoms with E-state index in [4.69, 9.17) is 14.2 Å². The van der Waals surface area contributed by atoms with E-state index in [2.05, 4.69) is 5.32 Å². The van der Waals surface area contributed by atoms with Gasteiger partial charge in [0.25, 0.3) is 11.8 Å². The van der Waals surface area contributed by atoms with E-state index >= 15 is 0 Å². The van der Waals surface area contributed by atoms with Crippen LogP contribution in [0.1, 0.15) is 29.6 Å². The van der Waals surface area contributed by atoms with Crippen LogP contribution in [-0.4, -0.2) is 63.1 Å². The molecule has 0 radical (unpaired) electrons. The Balaban J connectivity index is 1.79. The van der Waals surface area contributed by atoms with Crippen LogP contribution in [0, 0.1) is 0 Å². The standard InChI is InChI=1S/C18H24N2O6/c1-24-14-8-13(9-15(10-14)25-2)18(23)19-11-17(22)26-12-16(21)20-6-4-3-5-7-20/h8-10H,3-7,11-12H2,1-2H3,(H,19,23). The Morgan fingerprint density at radius 1 is 1.00 bits per heavy atom. The quantitative estimate of drug-likeness (QED) is 0.725. The fourth-order valence-electron chi connectivity index (χ4n) is 2.62. The van der Waals surface area contributed by atoms with Crippen molar-refractivity contribution in [3.8, 4) is 11.5 Å². The smallest absolute Gasteiger partial charge is 0.325 e. The number of nitrogens with zero attached hydrogens (tertiary/aromatic N) is 1. The van der Waals surface area contributed by atoms with Gasteiger partial charge in [-0.3, -0.25) is 14.4 Å². The van der Waals surface area contributed by atoms with Crippen LogP contribution in [0.15, 0.2) is 18.2 Å². The van der Waals surface area contributed by atoms with Gasteiger partial charge >= 0.3 is 5.97 Å². The zero-order chi connectivity index (χ0) is 18.9. The van der Waals surface area contributed by atoms with Crippen molar-refractivity contribution in [1.82, 2.24) is 10.2 Å². The summed E-state index contributed by atoms with van der Waals surface area (Å²) in [5.41, 5.74) is 0.290. The number of piperidine rings is 1. The van der Waals surface area contributed by atoms with Crippen LogP contribution in [0.4, 0.5) is 0 Å². The highest BCUT2D eigenvalue weighted by Gasteiger charge is 2.18. The van der Waals surface area contributed by atoms with Crippen molar-refractivity contribution in [3.63, 3.8) is 0 Å². The Morgan fingerprint density at radius 3 is 2.19 bits per heavy atom. The van der Waals surface area contributed by atoms with Gasteiger partial charge in [-0.15, -0.1) is 0 Å². The van der Waals surface area contributed by atoms with Gasteiger partial charge in [-0.2, -0.15) is 0 Å². The summed E-state index contributed by atoms with van der Waals surface area (Å²) < 4.78 is 15.1. The van der Waals surface area contributed by atoms with E-state index in [1.807, 2.05) is 0 Å². The van der Waals surface area contributed by atoms with Crippen molar-refractivity contribution >= 4 is 17.8 Å². The van der Waals surface area contributed by atoms with Gasteiger partial charge in [0.05, 0.1) is 14.2 Å². The number of hydrogen-bond donors (Lipinski definition) is 1. The predicted molar refractivity (Wildman–Crippen MR) is 93.3 cm³/mol. The number of esters is 1. The van der Waals surface area contributed by atoms with Crippen molar-refractivity contribution < 1.29 is 28.6 Å². The number of carbonyl (C=O) groups excluding carboxylic acids is 3. The predicted octanol–water partition coefficient (Wildman–Crippen LogP) is 0.989. The fraction of sp³-hybridized carbons (Fsp3) is 0.500. The molecule has 0 unspecified atom stereocenters. The molecule has 8 nitrogen and oxygen atoms in total. The fourth-order valence-corrected chi connectivity index (χ4v) is 2.62. The number of methoxy groups -OCH3 is 2. The first kappa shape index (κ1) is 19.6. The maximum absolute atomic E-state index is 12.2. The number of amides is 2. The molecule has 1 aromatic carbocycles. The van der Waals surface area contributed by atoms with Gasteiger partial charge < -0.3 is 24.4 Å². The van der Waals surface area contributed by atoms with Crippen molar-refractivity contribution in [2.24, 2.45) is 0 Å². The molecular weight excluding hydrogens is 340 g/mol. The molecule has 1 aliphatic rings. The van der Waals surface area contributed by atoms with Gasteiger partial charge in [0.15, 0.2) is 6.61 Å². The lowest BCUT2D eigenvalue weighted by Crippen LogP contribution is -2.39. The summed E-state index contributed by atoms with van der Waals surface area (Å²) in [5, 5.41) is 2.46. The topological polar surface area (TPSA) is 94.2 Å². The third-order valence-corrected chi connectivity index (χ3v) is 4.07.